The minimum atomic E-state index is -0.0735. The van der Waals surface area contributed by atoms with Crippen LogP contribution in [0.2, 0.25) is 0 Å². The van der Waals surface area contributed by atoms with E-state index >= 15 is 0 Å². The highest BCUT2D eigenvalue weighted by atomic mass is 32.1. The number of aryl methyl sites for hydroxylation is 1. The molecule has 4 atom stereocenters. The minimum absolute atomic E-state index is 0.0735. The summed E-state index contributed by atoms with van der Waals surface area (Å²) < 4.78 is 6.45. The third kappa shape index (κ3) is 3.12. The van der Waals surface area contributed by atoms with Crippen molar-refractivity contribution in [1.82, 2.24) is 15.3 Å². The molecule has 3 aliphatic rings. The number of hydrogen-bond acceptors (Lipinski definition) is 6. The zero-order valence-electron chi connectivity index (χ0n) is 15.2. The van der Waals surface area contributed by atoms with E-state index in [1.807, 2.05) is 6.07 Å². The quantitative estimate of drug-likeness (QED) is 0.828. The summed E-state index contributed by atoms with van der Waals surface area (Å²) >= 11 is 1.68. The van der Waals surface area contributed by atoms with Crippen LogP contribution in [0.5, 0.6) is 0 Å². The Bertz CT molecular complexity index is 800. The van der Waals surface area contributed by atoms with Gasteiger partial charge < -0.3 is 15.0 Å². The molecule has 2 bridgehead atoms. The van der Waals surface area contributed by atoms with Gasteiger partial charge in [-0.3, -0.25) is 4.79 Å². The summed E-state index contributed by atoms with van der Waals surface area (Å²) in [5.41, 5.74) is 1.17. The molecule has 1 amide bonds. The summed E-state index contributed by atoms with van der Waals surface area (Å²) in [6.45, 7) is 2.49. The SMILES string of the molecule is O=C(CCc1ccsc1)NC[C@H]1[C@H]2CN(c3ncccn3)C[C@]23CC[C@H]1O3. The number of thiophene rings is 1. The summed E-state index contributed by atoms with van der Waals surface area (Å²) in [7, 11) is 0. The van der Waals surface area contributed by atoms with Gasteiger partial charge in [-0.25, -0.2) is 9.97 Å². The average molecular weight is 385 g/mol. The van der Waals surface area contributed by atoms with Gasteiger partial charge in [0.05, 0.1) is 18.2 Å². The molecule has 7 heteroatoms. The molecule has 3 aliphatic heterocycles. The lowest BCUT2D eigenvalue weighted by atomic mass is 9.73. The Hall–Kier alpha value is -1.99. The fourth-order valence-corrected chi connectivity index (χ4v) is 5.79. The Balaban J connectivity index is 1.20. The average Bonchev–Trinajstić information content (AvgIpc) is 3.46. The molecule has 6 nitrogen and oxygen atoms in total. The fourth-order valence-electron chi connectivity index (χ4n) is 5.08. The molecule has 1 N–H and O–H groups in total. The number of carbonyl (C=O) groups is 1. The third-order valence-corrected chi connectivity index (χ3v) is 7.11. The molecule has 2 aromatic rings. The van der Waals surface area contributed by atoms with Crippen molar-refractivity contribution in [2.45, 2.75) is 37.4 Å². The van der Waals surface area contributed by atoms with Crippen LogP contribution in [0.4, 0.5) is 5.95 Å². The number of amides is 1. The van der Waals surface area contributed by atoms with Crippen LogP contribution in [-0.4, -0.2) is 47.2 Å². The summed E-state index contributed by atoms with van der Waals surface area (Å²) in [4.78, 5) is 23.4. The summed E-state index contributed by atoms with van der Waals surface area (Å²) in [6.07, 6.45) is 7.42. The standard InChI is InChI=1S/C20H24N4O2S/c25-18(3-2-14-5-9-27-12-14)23-10-15-16-11-24(19-21-7-1-8-22-19)13-20(16)6-4-17(15)26-20/h1,5,7-9,12,15-17H,2-4,6,10-11,13H2,(H,23,25)/t15-,16+,17+,20+/m0/s1. The topological polar surface area (TPSA) is 67.4 Å². The molecule has 2 aromatic heterocycles. The second kappa shape index (κ2) is 6.87. The van der Waals surface area contributed by atoms with Gasteiger partial charge in [0, 0.05) is 43.7 Å². The molecular formula is C20H24N4O2S. The summed E-state index contributed by atoms with van der Waals surface area (Å²) in [5.74, 6) is 1.75. The first-order chi connectivity index (χ1) is 13.2. The van der Waals surface area contributed by atoms with Gasteiger partial charge in [0.25, 0.3) is 0 Å². The molecule has 5 heterocycles. The van der Waals surface area contributed by atoms with Crippen molar-refractivity contribution >= 4 is 23.2 Å². The number of carbonyl (C=O) groups excluding carboxylic acids is 1. The number of nitrogens with one attached hydrogen (secondary N) is 1. The van der Waals surface area contributed by atoms with Crippen LogP contribution >= 0.6 is 11.3 Å². The molecule has 0 radical (unpaired) electrons. The van der Waals surface area contributed by atoms with Crippen molar-refractivity contribution in [3.05, 3.63) is 40.8 Å². The van der Waals surface area contributed by atoms with Crippen molar-refractivity contribution < 1.29 is 9.53 Å². The molecular weight excluding hydrogens is 360 g/mol. The molecule has 27 heavy (non-hydrogen) atoms. The van der Waals surface area contributed by atoms with E-state index in [2.05, 4.69) is 37.0 Å². The van der Waals surface area contributed by atoms with E-state index < -0.39 is 0 Å². The predicted octanol–water partition coefficient (Wildman–Crippen LogP) is 2.27. The second-order valence-corrected chi connectivity index (χ2v) is 8.68. The van der Waals surface area contributed by atoms with Crippen molar-refractivity contribution in [2.24, 2.45) is 11.8 Å². The van der Waals surface area contributed by atoms with Crippen LogP contribution < -0.4 is 10.2 Å². The summed E-state index contributed by atoms with van der Waals surface area (Å²) in [6, 6.07) is 3.93. The van der Waals surface area contributed by atoms with E-state index in [1.54, 1.807) is 23.7 Å². The smallest absolute Gasteiger partial charge is 0.225 e. The fraction of sp³-hybridized carbons (Fsp3) is 0.550. The van der Waals surface area contributed by atoms with Crippen molar-refractivity contribution in [2.75, 3.05) is 24.5 Å². The zero-order chi connectivity index (χ0) is 18.3. The van der Waals surface area contributed by atoms with Crippen molar-refractivity contribution in [3.63, 3.8) is 0 Å². The number of hydrogen-bond donors (Lipinski definition) is 1. The van der Waals surface area contributed by atoms with E-state index in [0.717, 1.165) is 38.3 Å². The van der Waals surface area contributed by atoms with Crippen LogP contribution in [0.1, 0.15) is 24.8 Å². The van der Waals surface area contributed by atoms with E-state index in [-0.39, 0.29) is 17.6 Å². The number of rotatable bonds is 6. The first-order valence-electron chi connectivity index (χ1n) is 9.71. The highest BCUT2D eigenvalue weighted by Crippen LogP contribution is 2.54. The second-order valence-electron chi connectivity index (χ2n) is 7.90. The van der Waals surface area contributed by atoms with Gasteiger partial charge in [-0.05, 0) is 47.7 Å². The lowest BCUT2D eigenvalue weighted by Gasteiger charge is -2.29. The lowest BCUT2D eigenvalue weighted by Crippen LogP contribution is -2.41. The van der Waals surface area contributed by atoms with Crippen LogP contribution in [0.15, 0.2) is 35.3 Å². The minimum Gasteiger partial charge on any atom is -0.369 e. The maximum Gasteiger partial charge on any atom is 0.225 e. The van der Waals surface area contributed by atoms with Gasteiger partial charge in [0.2, 0.25) is 11.9 Å². The molecule has 1 spiro atoms. The van der Waals surface area contributed by atoms with Crippen LogP contribution in [0, 0.1) is 11.8 Å². The Labute approximate surface area is 163 Å². The molecule has 0 aliphatic carbocycles. The van der Waals surface area contributed by atoms with Gasteiger partial charge in [-0.15, -0.1) is 0 Å². The molecule has 0 unspecified atom stereocenters. The van der Waals surface area contributed by atoms with Crippen LogP contribution in [0.25, 0.3) is 0 Å². The van der Waals surface area contributed by atoms with E-state index in [9.17, 15) is 4.79 Å². The number of fused-ring (bicyclic) bond motifs is 1. The Morgan fingerprint density at radius 3 is 3.11 bits per heavy atom. The molecule has 3 saturated heterocycles. The monoisotopic (exact) mass is 384 g/mol. The Morgan fingerprint density at radius 2 is 2.30 bits per heavy atom. The van der Waals surface area contributed by atoms with Gasteiger partial charge in [-0.2, -0.15) is 11.3 Å². The number of anilines is 1. The Kier molecular flexibility index (Phi) is 4.36. The van der Waals surface area contributed by atoms with Crippen LogP contribution in [-0.2, 0) is 16.0 Å². The first-order valence-corrected chi connectivity index (χ1v) is 10.7. The van der Waals surface area contributed by atoms with Crippen molar-refractivity contribution in [3.8, 4) is 0 Å². The summed E-state index contributed by atoms with van der Waals surface area (Å²) in [5, 5.41) is 7.34. The zero-order valence-corrected chi connectivity index (χ0v) is 16.0. The maximum absolute atomic E-state index is 12.3. The largest absolute Gasteiger partial charge is 0.369 e. The number of nitrogens with zero attached hydrogens (tertiary/aromatic N) is 3. The van der Waals surface area contributed by atoms with E-state index in [0.29, 0.717) is 24.8 Å². The third-order valence-electron chi connectivity index (χ3n) is 6.37. The van der Waals surface area contributed by atoms with Gasteiger partial charge in [0.1, 0.15) is 0 Å². The Morgan fingerprint density at radius 1 is 1.41 bits per heavy atom. The molecule has 3 fully saturated rings. The first kappa shape index (κ1) is 17.1. The van der Waals surface area contributed by atoms with E-state index in [4.69, 9.17) is 4.74 Å². The van der Waals surface area contributed by atoms with Crippen LogP contribution in [0.3, 0.4) is 0 Å². The molecule has 0 aromatic carbocycles. The van der Waals surface area contributed by atoms with Gasteiger partial charge >= 0.3 is 0 Å². The molecule has 0 saturated carbocycles. The van der Waals surface area contributed by atoms with Gasteiger partial charge in [-0.1, -0.05) is 0 Å². The maximum atomic E-state index is 12.3. The molecule has 5 rings (SSSR count). The highest BCUT2D eigenvalue weighted by molar-refractivity contribution is 7.07. The predicted molar refractivity (Wildman–Crippen MR) is 104 cm³/mol. The van der Waals surface area contributed by atoms with E-state index in [1.165, 1.54) is 5.56 Å². The normalized spacial score (nSPS) is 31.3. The number of aromatic nitrogens is 2. The van der Waals surface area contributed by atoms with Gasteiger partial charge in [0.15, 0.2) is 0 Å². The highest BCUT2D eigenvalue weighted by Gasteiger charge is 2.63. The molecule has 142 valence electrons. The number of ether oxygens (including phenoxy) is 1. The lowest BCUT2D eigenvalue weighted by molar-refractivity contribution is -0.121. The van der Waals surface area contributed by atoms with Crippen molar-refractivity contribution in [1.29, 1.82) is 0 Å².